The molecule has 10 heteroatoms. The number of morpholine rings is 1. The number of ketones is 1. The van der Waals surface area contributed by atoms with Crippen LogP contribution in [0.25, 0.3) is 5.76 Å². The largest absolute Gasteiger partial charge is 0.507 e. The Bertz CT molecular complexity index is 1280. The van der Waals surface area contributed by atoms with Gasteiger partial charge < -0.3 is 33.7 Å². The summed E-state index contributed by atoms with van der Waals surface area (Å²) in [5, 5.41) is 11.6. The monoisotopic (exact) mass is 538 g/mol. The van der Waals surface area contributed by atoms with Gasteiger partial charge in [0, 0.05) is 38.2 Å². The maximum Gasteiger partial charge on any atom is 0.295 e. The minimum atomic E-state index is -0.858. The number of hydrogen-bond acceptors (Lipinski definition) is 9. The van der Waals surface area contributed by atoms with Gasteiger partial charge >= 0.3 is 0 Å². The third-order valence-corrected chi connectivity index (χ3v) is 7.47. The summed E-state index contributed by atoms with van der Waals surface area (Å²) < 4.78 is 27.8. The van der Waals surface area contributed by atoms with Crippen molar-refractivity contribution in [3.63, 3.8) is 0 Å². The predicted octanol–water partition coefficient (Wildman–Crippen LogP) is 2.79. The van der Waals surface area contributed by atoms with Crippen LogP contribution in [0.2, 0.25) is 0 Å². The van der Waals surface area contributed by atoms with E-state index in [0.717, 1.165) is 24.4 Å². The number of likely N-dealkylation sites (tertiary alicyclic amines) is 1. The Morgan fingerprint density at radius 2 is 1.69 bits per heavy atom. The van der Waals surface area contributed by atoms with Crippen LogP contribution >= 0.6 is 0 Å². The van der Waals surface area contributed by atoms with Crippen LogP contribution in [0.1, 0.15) is 29.7 Å². The van der Waals surface area contributed by atoms with Gasteiger partial charge in [-0.05, 0) is 48.4 Å². The van der Waals surface area contributed by atoms with Crippen molar-refractivity contribution in [3.05, 3.63) is 52.6 Å². The Morgan fingerprint density at radius 1 is 1.00 bits per heavy atom. The highest BCUT2D eigenvalue weighted by atomic mass is 16.5. The Morgan fingerprint density at radius 3 is 2.33 bits per heavy atom. The summed E-state index contributed by atoms with van der Waals surface area (Å²) in [5.74, 6) is 0.278. The van der Waals surface area contributed by atoms with Gasteiger partial charge in [-0.3, -0.25) is 14.5 Å². The number of carbonyl (C=O) groups is 2. The molecule has 0 saturated carbocycles. The number of benzene rings is 2. The van der Waals surface area contributed by atoms with Gasteiger partial charge in [0.15, 0.2) is 11.5 Å². The first-order chi connectivity index (χ1) is 18.9. The van der Waals surface area contributed by atoms with Crippen molar-refractivity contribution in [1.82, 2.24) is 9.80 Å². The minimum Gasteiger partial charge on any atom is -0.507 e. The van der Waals surface area contributed by atoms with Crippen LogP contribution in [0.3, 0.4) is 0 Å². The molecule has 2 aromatic rings. The van der Waals surface area contributed by atoms with Crippen molar-refractivity contribution < 1.29 is 38.4 Å². The Hall–Kier alpha value is -3.76. The van der Waals surface area contributed by atoms with Crippen molar-refractivity contribution >= 4 is 17.4 Å². The highest BCUT2D eigenvalue weighted by molar-refractivity contribution is 6.46. The number of carbonyl (C=O) groups excluding carboxylic acids is 2. The molecule has 2 aromatic carbocycles. The fraction of sp³-hybridized carbons (Fsp3) is 0.448. The second-order valence-electron chi connectivity index (χ2n) is 9.86. The van der Waals surface area contributed by atoms with Crippen molar-refractivity contribution in [2.24, 2.45) is 0 Å². The SMILES string of the molecule is COc1cc([C@@H]2C(=C(O)c3ccc4c(c3)C[C@H](C)O4)C(=O)C(=O)N2CCN2CCOCC2)cc(OC)c1OC. The smallest absolute Gasteiger partial charge is 0.295 e. The molecule has 0 unspecified atom stereocenters. The van der Waals surface area contributed by atoms with Gasteiger partial charge in [0.2, 0.25) is 5.75 Å². The molecule has 10 nitrogen and oxygen atoms in total. The molecule has 1 N–H and O–H groups in total. The van der Waals surface area contributed by atoms with Crippen LogP contribution in [0.5, 0.6) is 23.0 Å². The Kier molecular flexibility index (Phi) is 7.67. The second-order valence-corrected chi connectivity index (χ2v) is 9.86. The molecule has 3 heterocycles. The first-order valence-corrected chi connectivity index (χ1v) is 13.0. The van der Waals surface area contributed by atoms with Gasteiger partial charge in [0.25, 0.3) is 11.7 Å². The number of aliphatic hydroxyl groups excluding tert-OH is 1. The van der Waals surface area contributed by atoms with Gasteiger partial charge in [0.05, 0.1) is 46.2 Å². The van der Waals surface area contributed by atoms with Gasteiger partial charge in [0.1, 0.15) is 17.6 Å². The van der Waals surface area contributed by atoms with Crippen LogP contribution in [0.4, 0.5) is 0 Å². The number of Topliss-reactive ketones (excluding diaryl/α,β-unsaturated/α-hetero) is 1. The number of rotatable bonds is 8. The van der Waals surface area contributed by atoms with E-state index in [-0.39, 0.29) is 24.0 Å². The third kappa shape index (κ3) is 5.02. The average Bonchev–Trinajstić information content (AvgIpc) is 3.46. The van der Waals surface area contributed by atoms with Gasteiger partial charge in [-0.2, -0.15) is 0 Å². The maximum atomic E-state index is 13.5. The summed E-state index contributed by atoms with van der Waals surface area (Å²) >= 11 is 0. The van der Waals surface area contributed by atoms with Gasteiger partial charge in [-0.25, -0.2) is 0 Å². The molecule has 208 valence electrons. The maximum absolute atomic E-state index is 13.5. The van der Waals surface area contributed by atoms with Gasteiger partial charge in [-0.1, -0.05) is 0 Å². The molecule has 39 heavy (non-hydrogen) atoms. The first kappa shape index (κ1) is 26.8. The van der Waals surface area contributed by atoms with E-state index in [1.165, 1.54) is 26.2 Å². The fourth-order valence-corrected chi connectivity index (χ4v) is 5.52. The highest BCUT2D eigenvalue weighted by Crippen LogP contribution is 2.46. The lowest BCUT2D eigenvalue weighted by molar-refractivity contribution is -0.140. The molecule has 0 aliphatic carbocycles. The summed E-state index contributed by atoms with van der Waals surface area (Å²) in [6.45, 7) is 5.56. The molecule has 0 spiro atoms. The molecule has 5 rings (SSSR count). The van der Waals surface area contributed by atoms with Crippen molar-refractivity contribution in [2.75, 3.05) is 60.7 Å². The lowest BCUT2D eigenvalue weighted by atomic mass is 9.94. The predicted molar refractivity (Wildman–Crippen MR) is 143 cm³/mol. The lowest BCUT2D eigenvalue weighted by Gasteiger charge is -2.31. The topological polar surface area (TPSA) is 107 Å². The summed E-state index contributed by atoms with van der Waals surface area (Å²) in [7, 11) is 4.51. The molecule has 1 amide bonds. The number of methoxy groups -OCH3 is 3. The highest BCUT2D eigenvalue weighted by Gasteiger charge is 2.46. The summed E-state index contributed by atoms with van der Waals surface area (Å²) in [6, 6.07) is 7.89. The molecule has 0 bridgehead atoms. The zero-order valence-corrected chi connectivity index (χ0v) is 22.7. The van der Waals surface area contributed by atoms with Crippen molar-refractivity contribution in [2.45, 2.75) is 25.5 Å². The number of amides is 1. The molecular formula is C29H34N2O8. The van der Waals surface area contributed by atoms with E-state index in [0.29, 0.717) is 54.6 Å². The van der Waals surface area contributed by atoms with Crippen LogP contribution < -0.4 is 18.9 Å². The summed E-state index contributed by atoms with van der Waals surface area (Å²) in [5.41, 5.74) is 1.97. The fourth-order valence-electron chi connectivity index (χ4n) is 5.52. The lowest BCUT2D eigenvalue weighted by Crippen LogP contribution is -2.42. The quantitative estimate of drug-likeness (QED) is 0.308. The zero-order valence-electron chi connectivity index (χ0n) is 22.7. The second kappa shape index (κ2) is 11.2. The van der Waals surface area contributed by atoms with Crippen LogP contribution in [-0.2, 0) is 20.7 Å². The molecule has 0 aromatic heterocycles. The van der Waals surface area contributed by atoms with E-state index >= 15 is 0 Å². The molecule has 2 fully saturated rings. The van der Waals surface area contributed by atoms with E-state index in [1.54, 1.807) is 24.3 Å². The van der Waals surface area contributed by atoms with E-state index in [9.17, 15) is 14.7 Å². The molecule has 0 radical (unpaired) electrons. The number of aliphatic hydroxyl groups is 1. The standard InChI is InChI=1S/C29H34N2O8/c1-17-13-19-14-18(5-6-21(19)39-17)26(32)24-25(20-15-22(35-2)28(37-4)23(16-20)36-3)31(29(34)27(24)33)8-7-30-9-11-38-12-10-30/h5-6,14-17,25,32H,7-13H2,1-4H3/t17-,25+/m0/s1. The molecule has 3 aliphatic heterocycles. The van der Waals surface area contributed by atoms with Crippen LogP contribution in [-0.4, -0.2) is 93.4 Å². The summed E-state index contributed by atoms with van der Waals surface area (Å²) in [6.07, 6.45) is 0.725. The van der Waals surface area contributed by atoms with E-state index in [2.05, 4.69) is 4.90 Å². The minimum absolute atomic E-state index is 0.0168. The molecule has 2 saturated heterocycles. The number of nitrogens with zero attached hydrogens (tertiary/aromatic N) is 2. The zero-order chi connectivity index (χ0) is 27.7. The van der Waals surface area contributed by atoms with E-state index in [1.807, 2.05) is 13.0 Å². The number of ether oxygens (including phenoxy) is 5. The number of hydrogen-bond donors (Lipinski definition) is 1. The molecule has 2 atom stereocenters. The Labute approximate surface area is 227 Å². The Balaban J connectivity index is 1.61. The summed E-state index contributed by atoms with van der Waals surface area (Å²) in [4.78, 5) is 30.7. The van der Waals surface area contributed by atoms with E-state index in [4.69, 9.17) is 23.7 Å². The third-order valence-electron chi connectivity index (χ3n) is 7.47. The van der Waals surface area contributed by atoms with Crippen molar-refractivity contribution in [3.8, 4) is 23.0 Å². The van der Waals surface area contributed by atoms with Crippen LogP contribution in [0, 0.1) is 0 Å². The average molecular weight is 539 g/mol. The van der Waals surface area contributed by atoms with Gasteiger partial charge in [-0.15, -0.1) is 0 Å². The molecular weight excluding hydrogens is 504 g/mol. The van der Waals surface area contributed by atoms with Crippen molar-refractivity contribution in [1.29, 1.82) is 0 Å². The first-order valence-electron chi connectivity index (χ1n) is 13.0. The van der Waals surface area contributed by atoms with E-state index < -0.39 is 17.7 Å². The number of fused-ring (bicyclic) bond motifs is 1. The van der Waals surface area contributed by atoms with Crippen LogP contribution in [0.15, 0.2) is 35.9 Å². The normalized spacial score (nSPS) is 22.5. The molecule has 3 aliphatic rings.